The molecule has 2 aliphatic heterocycles. The Morgan fingerprint density at radius 2 is 1.82 bits per heavy atom. The van der Waals surface area contributed by atoms with Crippen LogP contribution in [0.2, 0.25) is 10.0 Å². The van der Waals surface area contributed by atoms with Crippen molar-refractivity contribution in [2.45, 2.75) is 57.7 Å². The number of likely N-dealkylation sites (tertiary alicyclic amines) is 1. The van der Waals surface area contributed by atoms with E-state index in [1.165, 1.54) is 16.7 Å². The van der Waals surface area contributed by atoms with Crippen LogP contribution in [0.3, 0.4) is 0 Å². The van der Waals surface area contributed by atoms with Crippen molar-refractivity contribution in [1.29, 1.82) is 0 Å². The molecule has 0 N–H and O–H groups in total. The molecular formula is C28H32Cl2FNO. The van der Waals surface area contributed by atoms with Crippen molar-refractivity contribution in [2.75, 3.05) is 19.6 Å². The molecule has 2 heterocycles. The summed E-state index contributed by atoms with van der Waals surface area (Å²) in [6, 6.07) is 12.6. The molecular weight excluding hydrogens is 456 g/mol. The Morgan fingerprint density at radius 1 is 1.09 bits per heavy atom. The molecule has 4 rings (SSSR count). The van der Waals surface area contributed by atoms with E-state index in [4.69, 9.17) is 27.9 Å². The molecule has 0 amide bonds. The second-order valence-corrected chi connectivity index (χ2v) is 9.91. The van der Waals surface area contributed by atoms with Gasteiger partial charge in [-0.3, -0.25) is 0 Å². The Kier molecular flexibility index (Phi) is 7.96. The van der Waals surface area contributed by atoms with E-state index in [0.29, 0.717) is 10.0 Å². The first-order valence-electron chi connectivity index (χ1n) is 11.9. The number of allylic oxidation sites excluding steroid dienone is 2. The molecule has 2 fully saturated rings. The van der Waals surface area contributed by atoms with E-state index in [9.17, 15) is 4.39 Å². The van der Waals surface area contributed by atoms with Gasteiger partial charge in [0.1, 0.15) is 11.9 Å². The predicted molar refractivity (Wildman–Crippen MR) is 136 cm³/mol. The van der Waals surface area contributed by atoms with Crippen LogP contribution in [0.4, 0.5) is 4.39 Å². The highest BCUT2D eigenvalue weighted by Gasteiger charge is 2.48. The van der Waals surface area contributed by atoms with Gasteiger partial charge >= 0.3 is 0 Å². The minimum atomic E-state index is -0.292. The molecule has 0 bridgehead atoms. The van der Waals surface area contributed by atoms with E-state index in [2.05, 4.69) is 30.9 Å². The molecule has 33 heavy (non-hydrogen) atoms. The average Bonchev–Trinajstić information content (AvgIpc) is 2.93. The van der Waals surface area contributed by atoms with Gasteiger partial charge in [0, 0.05) is 23.1 Å². The molecule has 2 nitrogen and oxygen atoms in total. The van der Waals surface area contributed by atoms with Crippen molar-refractivity contribution in [1.82, 2.24) is 4.90 Å². The second kappa shape index (κ2) is 10.7. The molecule has 0 saturated carbocycles. The van der Waals surface area contributed by atoms with Gasteiger partial charge in [-0.15, -0.1) is 0 Å². The third kappa shape index (κ3) is 5.54. The largest absolute Gasteiger partial charge is 0.358 e. The van der Waals surface area contributed by atoms with Crippen LogP contribution < -0.4 is 0 Å². The van der Waals surface area contributed by atoms with E-state index in [-0.39, 0.29) is 17.5 Å². The summed E-state index contributed by atoms with van der Waals surface area (Å²) in [4.78, 5) is 2.52. The maximum Gasteiger partial charge on any atom is 0.123 e. The van der Waals surface area contributed by atoms with Gasteiger partial charge in [0.25, 0.3) is 0 Å². The van der Waals surface area contributed by atoms with Crippen molar-refractivity contribution in [3.63, 3.8) is 0 Å². The normalized spacial score (nSPS) is 26.4. The van der Waals surface area contributed by atoms with Gasteiger partial charge in [0.05, 0.1) is 5.60 Å². The molecule has 2 aliphatic rings. The maximum atomic E-state index is 13.2. The Balaban J connectivity index is 1.53. The lowest BCUT2D eigenvalue weighted by atomic mass is 9.83. The number of hydrogen-bond acceptors (Lipinski definition) is 2. The zero-order valence-corrected chi connectivity index (χ0v) is 20.9. The van der Waals surface area contributed by atoms with Gasteiger partial charge in [-0.2, -0.15) is 0 Å². The predicted octanol–water partition coefficient (Wildman–Crippen LogP) is 7.95. The number of nitrogens with zero attached hydrogens (tertiary/aromatic N) is 1. The monoisotopic (exact) mass is 487 g/mol. The summed E-state index contributed by atoms with van der Waals surface area (Å²) in [5.41, 5.74) is 4.46. The smallest absolute Gasteiger partial charge is 0.123 e. The summed E-state index contributed by atoms with van der Waals surface area (Å²) in [5.74, 6) is -0.181. The summed E-state index contributed by atoms with van der Waals surface area (Å²) in [6.07, 6.45) is 9.26. The van der Waals surface area contributed by atoms with E-state index in [1.807, 2.05) is 24.3 Å². The minimum absolute atomic E-state index is 0.155. The highest BCUT2D eigenvalue weighted by atomic mass is 35.5. The topological polar surface area (TPSA) is 12.5 Å². The number of benzene rings is 2. The molecule has 5 heteroatoms. The Labute approximate surface area is 207 Å². The zero-order valence-electron chi connectivity index (χ0n) is 19.4. The SMILES string of the molecule is C/C=C1\C(=C/CC)C(c2cc(Cl)cc(Cl)c2)OC12CCCN(CCc1ccc(F)cc1)CC2. The number of rotatable bonds is 5. The molecule has 2 unspecified atom stereocenters. The highest BCUT2D eigenvalue weighted by molar-refractivity contribution is 6.34. The molecule has 0 radical (unpaired) electrons. The Bertz CT molecular complexity index is 1010. The van der Waals surface area contributed by atoms with Gasteiger partial charge in [-0.1, -0.05) is 54.4 Å². The average molecular weight is 488 g/mol. The van der Waals surface area contributed by atoms with Crippen LogP contribution in [0.25, 0.3) is 0 Å². The van der Waals surface area contributed by atoms with E-state index in [0.717, 1.165) is 57.3 Å². The fourth-order valence-corrected chi connectivity index (χ4v) is 5.85. The van der Waals surface area contributed by atoms with Crippen molar-refractivity contribution in [2.24, 2.45) is 0 Å². The summed E-state index contributed by atoms with van der Waals surface area (Å²) >= 11 is 12.7. The highest BCUT2D eigenvalue weighted by Crippen LogP contribution is 2.52. The fraction of sp³-hybridized carbons (Fsp3) is 0.429. The first-order valence-corrected chi connectivity index (χ1v) is 12.7. The Morgan fingerprint density at radius 3 is 2.48 bits per heavy atom. The van der Waals surface area contributed by atoms with Gasteiger partial charge in [-0.05, 0) is 98.2 Å². The second-order valence-electron chi connectivity index (χ2n) is 9.04. The number of halogens is 3. The maximum absolute atomic E-state index is 13.2. The zero-order chi connectivity index (χ0) is 23.4. The van der Waals surface area contributed by atoms with Crippen molar-refractivity contribution < 1.29 is 9.13 Å². The summed E-state index contributed by atoms with van der Waals surface area (Å²) in [7, 11) is 0. The first kappa shape index (κ1) is 24.5. The van der Waals surface area contributed by atoms with Crippen LogP contribution in [0, 0.1) is 5.82 Å². The van der Waals surface area contributed by atoms with Crippen molar-refractivity contribution in [3.05, 3.63) is 92.8 Å². The van der Waals surface area contributed by atoms with Gasteiger partial charge < -0.3 is 9.64 Å². The molecule has 2 aromatic rings. The standard InChI is InChI=1S/C28H32Cl2FNO/c1-3-6-25-26(4-2)28(33-27(25)21-17-22(29)19-23(30)18-21)12-5-14-32(16-13-28)15-11-20-7-9-24(31)10-8-20/h4,6-10,17-19,27H,3,5,11-16H2,1-2H3/b25-6+,26-4+. The van der Waals surface area contributed by atoms with Gasteiger partial charge in [-0.25, -0.2) is 4.39 Å². The molecule has 2 atom stereocenters. The molecule has 176 valence electrons. The number of ether oxygens (including phenoxy) is 1. The van der Waals surface area contributed by atoms with E-state index >= 15 is 0 Å². The molecule has 1 spiro atoms. The number of hydrogen-bond donors (Lipinski definition) is 0. The molecule has 0 aromatic heterocycles. The lowest BCUT2D eigenvalue weighted by molar-refractivity contribution is -0.0319. The molecule has 2 saturated heterocycles. The lowest BCUT2D eigenvalue weighted by Crippen LogP contribution is -2.33. The summed E-state index contributed by atoms with van der Waals surface area (Å²) < 4.78 is 20.1. The third-order valence-electron chi connectivity index (χ3n) is 6.84. The third-order valence-corrected chi connectivity index (χ3v) is 7.28. The van der Waals surface area contributed by atoms with Crippen LogP contribution >= 0.6 is 23.2 Å². The molecule has 0 aliphatic carbocycles. The van der Waals surface area contributed by atoms with Crippen LogP contribution in [-0.4, -0.2) is 30.1 Å². The minimum Gasteiger partial charge on any atom is -0.358 e. The van der Waals surface area contributed by atoms with Gasteiger partial charge in [0.15, 0.2) is 0 Å². The van der Waals surface area contributed by atoms with Crippen molar-refractivity contribution >= 4 is 23.2 Å². The van der Waals surface area contributed by atoms with Crippen LogP contribution in [0.5, 0.6) is 0 Å². The van der Waals surface area contributed by atoms with Crippen LogP contribution in [-0.2, 0) is 11.2 Å². The molecule has 2 aromatic carbocycles. The quantitative estimate of drug-likeness (QED) is 0.423. The van der Waals surface area contributed by atoms with Gasteiger partial charge in [0.2, 0.25) is 0 Å². The summed E-state index contributed by atoms with van der Waals surface area (Å²) in [6.45, 7) is 7.27. The van der Waals surface area contributed by atoms with E-state index < -0.39 is 0 Å². The lowest BCUT2D eigenvalue weighted by Gasteiger charge is -2.29. The van der Waals surface area contributed by atoms with Crippen molar-refractivity contribution in [3.8, 4) is 0 Å². The van der Waals surface area contributed by atoms with Crippen LogP contribution in [0.1, 0.15) is 56.8 Å². The fourth-order valence-electron chi connectivity index (χ4n) is 5.31. The first-order chi connectivity index (χ1) is 15.9. The Hall–Kier alpha value is -1.65. The van der Waals surface area contributed by atoms with E-state index in [1.54, 1.807) is 18.2 Å². The summed E-state index contributed by atoms with van der Waals surface area (Å²) in [5, 5.41) is 1.26. The van der Waals surface area contributed by atoms with Crippen LogP contribution in [0.15, 0.2) is 65.8 Å².